The number of ether oxygens (including phenoxy) is 1. The lowest BCUT2D eigenvalue weighted by Crippen LogP contribution is -2.42. The first-order chi connectivity index (χ1) is 12.9. The summed E-state index contributed by atoms with van der Waals surface area (Å²) in [6, 6.07) is 0.214. The van der Waals surface area contributed by atoms with E-state index in [-0.39, 0.29) is 12.1 Å². The minimum atomic E-state index is -0.472. The first-order valence-electron chi connectivity index (χ1n) is 7.39. The molecule has 2 heterocycles. The fourth-order valence-corrected chi connectivity index (χ4v) is 2.27. The second-order valence-electron chi connectivity index (χ2n) is 6.07. The molecule has 0 bridgehead atoms. The van der Waals surface area contributed by atoms with Gasteiger partial charge in [0.15, 0.2) is 0 Å². The Labute approximate surface area is 150 Å². The Kier molecular flexibility index (Phi) is 14.3. The molecule has 0 aromatic carbocycles. The topological polar surface area (TPSA) is 96.1 Å². The van der Waals surface area contributed by atoms with E-state index in [2.05, 4.69) is 15.1 Å². The average Bonchev–Trinajstić information content (AvgIpc) is 3.14. The van der Waals surface area contributed by atoms with Gasteiger partial charge in [0.2, 0.25) is 0 Å². The predicted molar refractivity (Wildman–Crippen MR) is 83.8 cm³/mol. The van der Waals surface area contributed by atoms with Gasteiger partial charge in [-0.2, -0.15) is 5.10 Å². The van der Waals surface area contributed by atoms with Crippen LogP contribution in [0.2, 0.25) is 0 Å². The van der Waals surface area contributed by atoms with Gasteiger partial charge in [-0.1, -0.05) is 5.11 Å². The fourth-order valence-electron chi connectivity index (χ4n) is 2.27. The highest BCUT2D eigenvalue weighted by atomic mass is 20.0. The van der Waals surface area contributed by atoms with Crippen molar-refractivity contribution < 1.29 is 37.0 Å². The van der Waals surface area contributed by atoms with E-state index in [4.69, 9.17) is 37.7 Å². The van der Waals surface area contributed by atoms with Crippen LogP contribution in [-0.4, -0.2) is 39.5 Å². The van der Waals surface area contributed by atoms with Gasteiger partial charge in [-0.25, -0.2) is 4.79 Å². The molecular weight excluding hydrogens is 386 g/mol. The van der Waals surface area contributed by atoms with Gasteiger partial charge in [0.1, 0.15) is 5.60 Å². The Hall–Kier alpha value is -2.63. The molecular formula is C13H20F6N6O2. The second-order valence-corrected chi connectivity index (χ2v) is 6.07. The van der Waals surface area contributed by atoms with Crippen LogP contribution in [0.5, 0.6) is 0 Å². The maximum Gasteiger partial charge on any atom is 0.410 e. The molecule has 0 unspecified atom stereocenters. The monoisotopic (exact) mass is 406 g/mol. The van der Waals surface area contributed by atoms with Crippen molar-refractivity contribution in [2.24, 2.45) is 5.11 Å². The van der Waals surface area contributed by atoms with E-state index in [1.54, 1.807) is 22.0 Å². The standard InChI is InChI=1S/C13H20N6O2.3F2/c1-13(2,3)21-12(20)18-6-4-11(5-7-18)19-9-10(8-15-19)16-17-14;3*1-2/h8-9,11H,4-7H2,1-3H3;;;. The van der Waals surface area contributed by atoms with Gasteiger partial charge in [-0.15, -0.1) is 0 Å². The number of piperidine rings is 1. The number of halogens is 6. The van der Waals surface area contributed by atoms with E-state index in [1.165, 1.54) is 0 Å². The summed E-state index contributed by atoms with van der Waals surface area (Å²) in [4.78, 5) is 16.4. The molecule has 1 aromatic rings. The molecule has 1 amide bonds. The lowest BCUT2D eigenvalue weighted by Gasteiger charge is -2.33. The van der Waals surface area contributed by atoms with Gasteiger partial charge in [0.05, 0.1) is 17.9 Å². The molecule has 0 spiro atoms. The van der Waals surface area contributed by atoms with E-state index >= 15 is 0 Å². The van der Waals surface area contributed by atoms with Gasteiger partial charge in [0.25, 0.3) is 0 Å². The molecule has 1 aliphatic heterocycles. The SMILES string of the molecule is CC(C)(C)OC(=O)N1CCC(n2cc(N=[N+]=[N-])cn2)CC1.FF.FF.FF. The first kappa shape index (κ1) is 26.6. The molecule has 2 rings (SSSR count). The van der Waals surface area contributed by atoms with Gasteiger partial charge in [-0.3, -0.25) is 4.68 Å². The summed E-state index contributed by atoms with van der Waals surface area (Å²) in [5.74, 6) is 0. The zero-order valence-electron chi connectivity index (χ0n) is 14.8. The maximum atomic E-state index is 12.0. The molecule has 1 saturated heterocycles. The summed E-state index contributed by atoms with van der Waals surface area (Å²) >= 11 is 0. The summed E-state index contributed by atoms with van der Waals surface area (Å²) in [5, 5.41) is 7.72. The third-order valence-electron chi connectivity index (χ3n) is 3.24. The van der Waals surface area contributed by atoms with Gasteiger partial charge in [-0.05, 0) is 39.1 Å². The summed E-state index contributed by atoms with van der Waals surface area (Å²) in [7, 11) is 0. The summed E-state index contributed by atoms with van der Waals surface area (Å²) in [5.41, 5.74) is 8.43. The Balaban J connectivity index is 0. The molecule has 0 atom stereocenters. The normalized spacial score (nSPS) is 13.4. The minimum Gasteiger partial charge on any atom is -0.444 e. The fraction of sp³-hybridized carbons (Fsp3) is 0.692. The van der Waals surface area contributed by atoms with Crippen molar-refractivity contribution >= 4 is 11.8 Å². The van der Waals surface area contributed by atoms with Crippen LogP contribution in [0.15, 0.2) is 17.5 Å². The number of hydrogen-bond donors (Lipinski definition) is 0. The van der Waals surface area contributed by atoms with Crippen LogP contribution in [0.3, 0.4) is 0 Å². The van der Waals surface area contributed by atoms with E-state index in [1.807, 2.05) is 20.8 Å². The highest BCUT2D eigenvalue weighted by Crippen LogP contribution is 2.25. The number of amides is 1. The van der Waals surface area contributed by atoms with Crippen LogP contribution in [0, 0.1) is 0 Å². The van der Waals surface area contributed by atoms with Crippen molar-refractivity contribution in [2.45, 2.75) is 45.3 Å². The van der Waals surface area contributed by atoms with Crippen LogP contribution in [-0.2, 0) is 4.74 Å². The molecule has 156 valence electrons. The van der Waals surface area contributed by atoms with Crippen LogP contribution < -0.4 is 0 Å². The molecule has 0 saturated carbocycles. The lowest BCUT2D eigenvalue weighted by atomic mass is 10.1. The van der Waals surface area contributed by atoms with Crippen molar-refractivity contribution in [2.75, 3.05) is 13.1 Å². The highest BCUT2D eigenvalue weighted by Gasteiger charge is 2.27. The quantitative estimate of drug-likeness (QED) is 0.264. The molecule has 27 heavy (non-hydrogen) atoms. The first-order valence-corrected chi connectivity index (χ1v) is 7.39. The van der Waals surface area contributed by atoms with E-state index in [0.29, 0.717) is 18.8 Å². The molecule has 0 aliphatic carbocycles. The number of rotatable bonds is 2. The van der Waals surface area contributed by atoms with Crippen LogP contribution in [0.4, 0.5) is 37.9 Å². The second kappa shape index (κ2) is 14.5. The van der Waals surface area contributed by atoms with E-state index in [0.717, 1.165) is 12.8 Å². The predicted octanol–water partition coefficient (Wildman–Crippen LogP) is 5.92. The minimum absolute atomic E-state index is 0.214. The molecule has 1 fully saturated rings. The average molecular weight is 406 g/mol. The third kappa shape index (κ3) is 10.2. The largest absolute Gasteiger partial charge is 0.444 e. The van der Waals surface area contributed by atoms with Gasteiger partial charge in [0, 0.05) is 51.6 Å². The highest BCUT2D eigenvalue weighted by molar-refractivity contribution is 5.68. The summed E-state index contributed by atoms with van der Waals surface area (Å²) in [6.45, 7) is 6.85. The molecule has 0 radical (unpaired) electrons. The molecule has 1 aliphatic rings. The van der Waals surface area contributed by atoms with Gasteiger partial charge >= 0.3 is 6.09 Å². The number of hydrogen-bond acceptors (Lipinski definition) is 4. The lowest BCUT2D eigenvalue weighted by molar-refractivity contribution is 0.0185. The number of aromatic nitrogens is 2. The van der Waals surface area contributed by atoms with E-state index in [9.17, 15) is 4.79 Å². The van der Waals surface area contributed by atoms with Gasteiger partial charge < -0.3 is 9.64 Å². The van der Waals surface area contributed by atoms with Crippen LogP contribution in [0.1, 0.15) is 39.7 Å². The number of likely N-dealkylation sites (tertiary alicyclic amines) is 1. The van der Waals surface area contributed by atoms with Crippen LogP contribution >= 0.6 is 0 Å². The van der Waals surface area contributed by atoms with Crippen LogP contribution in [0.25, 0.3) is 10.4 Å². The molecule has 0 N–H and O–H groups in total. The van der Waals surface area contributed by atoms with Crippen molar-refractivity contribution in [3.8, 4) is 0 Å². The number of carbonyl (C=O) groups excluding carboxylic acids is 1. The summed E-state index contributed by atoms with van der Waals surface area (Å²) in [6.07, 6.45) is 4.61. The molecule has 14 heteroatoms. The Bertz CT molecular complexity index is 568. The zero-order chi connectivity index (χ0) is 21.5. The molecule has 8 nitrogen and oxygen atoms in total. The Morgan fingerprint density at radius 2 is 1.74 bits per heavy atom. The van der Waals surface area contributed by atoms with E-state index < -0.39 is 5.60 Å². The Morgan fingerprint density at radius 3 is 2.19 bits per heavy atom. The van der Waals surface area contributed by atoms with Crippen molar-refractivity contribution in [1.29, 1.82) is 0 Å². The van der Waals surface area contributed by atoms with Crippen molar-refractivity contribution in [1.82, 2.24) is 14.7 Å². The Morgan fingerprint density at radius 1 is 1.22 bits per heavy atom. The van der Waals surface area contributed by atoms with Crippen molar-refractivity contribution in [3.63, 3.8) is 0 Å². The maximum absolute atomic E-state index is 12.0. The smallest absolute Gasteiger partial charge is 0.410 e. The zero-order valence-corrected chi connectivity index (χ0v) is 14.8. The third-order valence-corrected chi connectivity index (χ3v) is 3.24. The van der Waals surface area contributed by atoms with Crippen molar-refractivity contribution in [3.05, 3.63) is 22.8 Å². The summed E-state index contributed by atoms with van der Waals surface area (Å²) < 4.78 is 55.2. The molecule has 1 aromatic heterocycles. The number of azide groups is 1. The number of carbonyl (C=O) groups is 1. The number of nitrogens with zero attached hydrogens (tertiary/aromatic N) is 6.